The highest BCUT2D eigenvalue weighted by Crippen LogP contribution is 2.28. The second kappa shape index (κ2) is 6.91. The molecule has 0 atom stereocenters. The molecule has 27 heavy (non-hydrogen) atoms. The van der Waals surface area contributed by atoms with Crippen LogP contribution in [0.4, 0.5) is 5.95 Å². The summed E-state index contributed by atoms with van der Waals surface area (Å²) in [6.45, 7) is 1.88. The van der Waals surface area contributed by atoms with Crippen LogP contribution in [0.15, 0.2) is 47.6 Å². The van der Waals surface area contributed by atoms with E-state index in [1.165, 1.54) is 0 Å². The Kier molecular flexibility index (Phi) is 4.29. The van der Waals surface area contributed by atoms with E-state index in [4.69, 9.17) is 9.47 Å². The molecule has 2 heterocycles. The van der Waals surface area contributed by atoms with Crippen LogP contribution in [0.3, 0.4) is 0 Å². The van der Waals surface area contributed by atoms with Crippen molar-refractivity contribution in [1.29, 1.82) is 0 Å². The predicted molar refractivity (Wildman–Crippen MR) is 105 cm³/mol. The number of nitrogens with zero attached hydrogens (tertiary/aromatic N) is 4. The van der Waals surface area contributed by atoms with Gasteiger partial charge in [-0.1, -0.05) is 18.2 Å². The van der Waals surface area contributed by atoms with Crippen LogP contribution in [0, 0.1) is 0 Å². The number of aromatic amines is 1. The van der Waals surface area contributed by atoms with E-state index in [1.54, 1.807) is 14.2 Å². The maximum Gasteiger partial charge on any atom is 0.265 e. The van der Waals surface area contributed by atoms with E-state index in [-0.39, 0.29) is 0 Å². The standard InChI is InChI=1S/C19H18N6O2/c1-11(12-8-9-15(26-2)16(10-12)27-3)22-24-19-21-18-17(23-25-19)13-6-4-5-7-14(13)20-18/h4-10H,1-3H3,(H2,20,21,24,25)/b22-11-. The summed E-state index contributed by atoms with van der Waals surface area (Å²) in [4.78, 5) is 7.68. The molecule has 0 saturated carbocycles. The van der Waals surface area contributed by atoms with Crippen LogP contribution >= 0.6 is 0 Å². The van der Waals surface area contributed by atoms with Crippen molar-refractivity contribution >= 4 is 33.7 Å². The van der Waals surface area contributed by atoms with Crippen molar-refractivity contribution in [3.63, 3.8) is 0 Å². The summed E-state index contributed by atoms with van der Waals surface area (Å²) in [5, 5.41) is 13.7. The SMILES string of the molecule is COc1ccc(/C(C)=N\Nc2nnc3c(n2)[nH]c2ccccc23)cc1OC. The minimum atomic E-state index is 0.314. The zero-order valence-corrected chi connectivity index (χ0v) is 15.1. The summed E-state index contributed by atoms with van der Waals surface area (Å²) >= 11 is 0. The zero-order valence-electron chi connectivity index (χ0n) is 15.1. The normalized spacial score (nSPS) is 11.7. The Balaban J connectivity index is 1.61. The van der Waals surface area contributed by atoms with Gasteiger partial charge in [0.1, 0.15) is 5.52 Å². The average Bonchev–Trinajstić information content (AvgIpc) is 3.09. The highest BCUT2D eigenvalue weighted by molar-refractivity contribution is 6.03. The van der Waals surface area contributed by atoms with Crippen molar-refractivity contribution in [2.45, 2.75) is 6.92 Å². The van der Waals surface area contributed by atoms with E-state index in [2.05, 4.69) is 30.7 Å². The fourth-order valence-corrected chi connectivity index (χ4v) is 2.83. The third kappa shape index (κ3) is 3.12. The number of ether oxygens (including phenoxy) is 2. The van der Waals surface area contributed by atoms with Crippen molar-refractivity contribution in [3.05, 3.63) is 48.0 Å². The number of nitrogens with one attached hydrogen (secondary N) is 2. The molecule has 2 N–H and O–H groups in total. The minimum absolute atomic E-state index is 0.314. The molecule has 0 amide bonds. The van der Waals surface area contributed by atoms with Crippen LogP contribution in [0.2, 0.25) is 0 Å². The van der Waals surface area contributed by atoms with Crippen molar-refractivity contribution < 1.29 is 9.47 Å². The molecule has 8 heteroatoms. The van der Waals surface area contributed by atoms with Gasteiger partial charge in [0.25, 0.3) is 5.95 Å². The van der Waals surface area contributed by atoms with Gasteiger partial charge in [-0.05, 0) is 31.2 Å². The largest absolute Gasteiger partial charge is 0.493 e. The number of hydrogen-bond acceptors (Lipinski definition) is 7. The molecule has 2 aromatic heterocycles. The molecule has 4 rings (SSSR count). The van der Waals surface area contributed by atoms with Crippen LogP contribution in [0.25, 0.3) is 22.1 Å². The van der Waals surface area contributed by atoms with Crippen LogP contribution < -0.4 is 14.9 Å². The number of rotatable bonds is 5. The fourth-order valence-electron chi connectivity index (χ4n) is 2.83. The zero-order chi connectivity index (χ0) is 18.8. The number of aromatic nitrogens is 4. The highest BCUT2D eigenvalue weighted by atomic mass is 16.5. The van der Waals surface area contributed by atoms with Gasteiger partial charge >= 0.3 is 0 Å². The van der Waals surface area contributed by atoms with Gasteiger partial charge in [-0.25, -0.2) is 5.43 Å². The maximum absolute atomic E-state index is 5.33. The first-order valence-electron chi connectivity index (χ1n) is 8.33. The van der Waals surface area contributed by atoms with Gasteiger partial charge in [-0.15, -0.1) is 10.2 Å². The summed E-state index contributed by atoms with van der Waals surface area (Å²) in [6, 6.07) is 13.5. The number of anilines is 1. The number of hydrogen-bond donors (Lipinski definition) is 2. The van der Waals surface area contributed by atoms with Crippen molar-refractivity contribution in [3.8, 4) is 11.5 Å². The molecular weight excluding hydrogens is 344 g/mol. The van der Waals surface area contributed by atoms with Crippen LogP contribution in [0.1, 0.15) is 12.5 Å². The number of benzene rings is 2. The van der Waals surface area contributed by atoms with Gasteiger partial charge in [-0.2, -0.15) is 10.1 Å². The number of hydrazone groups is 1. The van der Waals surface area contributed by atoms with E-state index < -0.39 is 0 Å². The van der Waals surface area contributed by atoms with Gasteiger partial charge in [-0.3, -0.25) is 0 Å². The third-order valence-corrected chi connectivity index (χ3v) is 4.25. The van der Waals surface area contributed by atoms with Crippen LogP contribution in [-0.2, 0) is 0 Å². The first kappa shape index (κ1) is 16.8. The van der Waals surface area contributed by atoms with E-state index in [1.807, 2.05) is 49.4 Å². The Morgan fingerprint density at radius 2 is 1.85 bits per heavy atom. The van der Waals surface area contributed by atoms with Gasteiger partial charge < -0.3 is 14.5 Å². The van der Waals surface area contributed by atoms with Gasteiger partial charge in [0.15, 0.2) is 17.1 Å². The predicted octanol–water partition coefficient (Wildman–Crippen LogP) is 3.36. The summed E-state index contributed by atoms with van der Waals surface area (Å²) in [5.41, 5.74) is 6.85. The molecular formula is C19H18N6O2. The topological polar surface area (TPSA) is 97.3 Å². The minimum Gasteiger partial charge on any atom is -0.493 e. The number of methoxy groups -OCH3 is 2. The van der Waals surface area contributed by atoms with Crippen LogP contribution in [0.5, 0.6) is 11.5 Å². The molecule has 8 nitrogen and oxygen atoms in total. The molecule has 0 fully saturated rings. The molecule has 4 aromatic rings. The van der Waals surface area contributed by atoms with E-state index in [0.717, 1.165) is 27.7 Å². The molecule has 0 unspecified atom stereocenters. The van der Waals surface area contributed by atoms with E-state index >= 15 is 0 Å². The molecule has 0 saturated heterocycles. The first-order valence-corrected chi connectivity index (χ1v) is 8.33. The van der Waals surface area contributed by atoms with Crippen molar-refractivity contribution in [2.24, 2.45) is 5.10 Å². The van der Waals surface area contributed by atoms with E-state index in [9.17, 15) is 0 Å². The second-order valence-corrected chi connectivity index (χ2v) is 5.88. The Morgan fingerprint density at radius 1 is 1.04 bits per heavy atom. The summed E-state index contributed by atoms with van der Waals surface area (Å²) < 4.78 is 10.6. The lowest BCUT2D eigenvalue weighted by Gasteiger charge is -2.09. The first-order chi connectivity index (χ1) is 13.2. The second-order valence-electron chi connectivity index (χ2n) is 5.88. The fraction of sp³-hybridized carbons (Fsp3) is 0.158. The Morgan fingerprint density at radius 3 is 2.67 bits per heavy atom. The van der Waals surface area contributed by atoms with Gasteiger partial charge in [0.05, 0.1) is 19.9 Å². The van der Waals surface area contributed by atoms with Crippen molar-refractivity contribution in [1.82, 2.24) is 20.2 Å². The molecule has 0 aliphatic rings. The molecule has 136 valence electrons. The summed E-state index contributed by atoms with van der Waals surface area (Å²) in [5.74, 6) is 1.62. The molecule has 2 aromatic carbocycles. The van der Waals surface area contributed by atoms with Gasteiger partial charge in [0.2, 0.25) is 0 Å². The summed E-state index contributed by atoms with van der Waals surface area (Å²) in [6.07, 6.45) is 0. The Hall–Kier alpha value is -3.68. The monoisotopic (exact) mass is 362 g/mol. The molecule has 0 aliphatic carbocycles. The lowest BCUT2D eigenvalue weighted by atomic mass is 10.1. The molecule has 0 spiro atoms. The Labute approximate surface area is 155 Å². The van der Waals surface area contributed by atoms with E-state index in [0.29, 0.717) is 23.1 Å². The lowest BCUT2D eigenvalue weighted by molar-refractivity contribution is 0.355. The highest BCUT2D eigenvalue weighted by Gasteiger charge is 2.09. The molecule has 0 radical (unpaired) electrons. The quantitative estimate of drug-likeness (QED) is 0.417. The van der Waals surface area contributed by atoms with Crippen LogP contribution in [-0.4, -0.2) is 40.1 Å². The van der Waals surface area contributed by atoms with Gasteiger partial charge in [0, 0.05) is 16.5 Å². The number of fused-ring (bicyclic) bond motifs is 3. The Bertz CT molecular complexity index is 1150. The number of H-pyrrole nitrogens is 1. The number of para-hydroxylation sites is 1. The average molecular weight is 362 g/mol. The smallest absolute Gasteiger partial charge is 0.265 e. The third-order valence-electron chi connectivity index (χ3n) is 4.25. The lowest BCUT2D eigenvalue weighted by Crippen LogP contribution is -2.04. The van der Waals surface area contributed by atoms with Crippen molar-refractivity contribution in [2.75, 3.05) is 19.6 Å². The maximum atomic E-state index is 5.33. The summed E-state index contributed by atoms with van der Waals surface area (Å²) in [7, 11) is 3.20. The molecule has 0 aliphatic heterocycles. The molecule has 0 bridgehead atoms.